The van der Waals surface area contributed by atoms with E-state index in [-0.39, 0.29) is 5.56 Å². The Labute approximate surface area is 104 Å². The third-order valence-corrected chi connectivity index (χ3v) is 3.19. The maximum absolute atomic E-state index is 11.1. The van der Waals surface area contributed by atoms with Crippen molar-refractivity contribution >= 4 is 21.9 Å². The molecule has 0 aromatic heterocycles. The van der Waals surface area contributed by atoms with E-state index >= 15 is 0 Å². The van der Waals surface area contributed by atoms with E-state index in [1.165, 1.54) is 7.11 Å². The molecule has 1 rings (SSSR count). The van der Waals surface area contributed by atoms with Crippen molar-refractivity contribution in [2.24, 2.45) is 0 Å². The van der Waals surface area contributed by atoms with E-state index < -0.39 is 5.97 Å². The van der Waals surface area contributed by atoms with Gasteiger partial charge in [-0.15, -0.1) is 0 Å². The molecule has 0 saturated carbocycles. The predicted molar refractivity (Wildman–Crippen MR) is 66.5 cm³/mol. The average molecular weight is 287 g/mol. The van der Waals surface area contributed by atoms with Crippen LogP contribution in [0, 0.1) is 6.92 Å². The first-order chi connectivity index (χ1) is 7.40. The predicted octanol–water partition coefficient (Wildman–Crippen LogP) is 3.59. The van der Waals surface area contributed by atoms with E-state index in [2.05, 4.69) is 29.8 Å². The summed E-state index contributed by atoms with van der Waals surface area (Å²) in [5.74, 6) is -0.221. The van der Waals surface area contributed by atoms with Gasteiger partial charge in [0.05, 0.1) is 7.11 Å². The van der Waals surface area contributed by atoms with E-state index in [1.807, 2.05) is 6.92 Å². The number of carboxylic acids is 1. The number of methoxy groups -OCH3 is 1. The van der Waals surface area contributed by atoms with E-state index in [1.54, 1.807) is 6.07 Å². The van der Waals surface area contributed by atoms with Crippen molar-refractivity contribution in [2.75, 3.05) is 7.11 Å². The molecule has 3 nitrogen and oxygen atoms in total. The fraction of sp³-hybridized carbons (Fsp3) is 0.417. The van der Waals surface area contributed by atoms with Gasteiger partial charge in [0.2, 0.25) is 0 Å². The van der Waals surface area contributed by atoms with Crippen LogP contribution in [0.3, 0.4) is 0 Å². The number of benzene rings is 1. The normalized spacial score (nSPS) is 10.6. The molecule has 0 aliphatic heterocycles. The standard InChI is InChI=1S/C12H15BrO3/c1-6(2)10-7(3)11(16-4)8(12(14)15)5-9(10)13/h5-6H,1-4H3,(H,14,15). The number of ether oxygens (including phenoxy) is 1. The third kappa shape index (κ3) is 2.21. The van der Waals surface area contributed by atoms with Crippen LogP contribution in [-0.2, 0) is 0 Å². The van der Waals surface area contributed by atoms with Crippen LogP contribution in [0.15, 0.2) is 10.5 Å². The summed E-state index contributed by atoms with van der Waals surface area (Å²) in [6, 6.07) is 1.60. The van der Waals surface area contributed by atoms with Crippen LogP contribution in [0.25, 0.3) is 0 Å². The first-order valence-corrected chi connectivity index (χ1v) is 5.79. The molecule has 0 saturated heterocycles. The van der Waals surface area contributed by atoms with Crippen molar-refractivity contribution < 1.29 is 14.6 Å². The van der Waals surface area contributed by atoms with Crippen molar-refractivity contribution in [1.82, 2.24) is 0 Å². The first-order valence-electron chi connectivity index (χ1n) is 5.00. The maximum Gasteiger partial charge on any atom is 0.339 e. The molecule has 0 amide bonds. The molecule has 0 aliphatic rings. The zero-order valence-corrected chi connectivity index (χ0v) is 11.4. The second kappa shape index (κ2) is 4.87. The second-order valence-corrected chi connectivity index (χ2v) is 4.79. The maximum atomic E-state index is 11.1. The van der Waals surface area contributed by atoms with Crippen molar-refractivity contribution in [3.05, 3.63) is 27.2 Å². The number of aromatic carboxylic acids is 1. The summed E-state index contributed by atoms with van der Waals surface area (Å²) in [6.45, 7) is 6.01. The zero-order valence-electron chi connectivity index (χ0n) is 9.80. The summed E-state index contributed by atoms with van der Waals surface area (Å²) in [6.07, 6.45) is 0. The number of hydrogen-bond acceptors (Lipinski definition) is 2. The molecule has 0 aliphatic carbocycles. The number of carbonyl (C=O) groups is 1. The van der Waals surface area contributed by atoms with Gasteiger partial charge in [-0.3, -0.25) is 0 Å². The number of carboxylic acid groups (broad SMARTS) is 1. The second-order valence-electron chi connectivity index (χ2n) is 3.94. The Morgan fingerprint density at radius 2 is 2.06 bits per heavy atom. The molecule has 0 heterocycles. The first kappa shape index (κ1) is 13.0. The summed E-state index contributed by atoms with van der Waals surface area (Å²) in [5.41, 5.74) is 2.16. The summed E-state index contributed by atoms with van der Waals surface area (Å²) in [4.78, 5) is 11.1. The molecule has 0 bridgehead atoms. The van der Waals surface area contributed by atoms with Crippen LogP contribution in [0.5, 0.6) is 5.75 Å². The Bertz CT molecular complexity index is 425. The molecular formula is C12H15BrO3. The third-order valence-electron chi connectivity index (χ3n) is 2.53. The highest BCUT2D eigenvalue weighted by Crippen LogP contribution is 2.36. The molecule has 0 radical (unpaired) electrons. The Kier molecular flexibility index (Phi) is 3.97. The molecule has 1 aromatic carbocycles. The lowest BCUT2D eigenvalue weighted by atomic mass is 9.95. The van der Waals surface area contributed by atoms with Gasteiger partial charge in [-0.25, -0.2) is 4.79 Å². The van der Waals surface area contributed by atoms with Crippen molar-refractivity contribution in [1.29, 1.82) is 0 Å². The van der Waals surface area contributed by atoms with E-state index in [4.69, 9.17) is 9.84 Å². The van der Waals surface area contributed by atoms with Crippen LogP contribution >= 0.6 is 15.9 Å². The fourth-order valence-electron chi connectivity index (χ4n) is 1.90. The molecule has 1 aromatic rings. The van der Waals surface area contributed by atoms with Gasteiger partial charge >= 0.3 is 5.97 Å². The van der Waals surface area contributed by atoms with Crippen molar-refractivity contribution in [2.45, 2.75) is 26.7 Å². The highest BCUT2D eigenvalue weighted by atomic mass is 79.9. The summed E-state index contributed by atoms with van der Waals surface area (Å²) < 4.78 is 6.00. The molecule has 4 heteroatoms. The van der Waals surface area contributed by atoms with Gasteiger partial charge in [-0.1, -0.05) is 29.8 Å². The lowest BCUT2D eigenvalue weighted by molar-refractivity contribution is 0.0693. The van der Waals surface area contributed by atoms with Crippen LogP contribution in [-0.4, -0.2) is 18.2 Å². The van der Waals surface area contributed by atoms with E-state index in [9.17, 15) is 4.79 Å². The van der Waals surface area contributed by atoms with Gasteiger partial charge in [0.1, 0.15) is 11.3 Å². The van der Waals surface area contributed by atoms with Crippen molar-refractivity contribution in [3.63, 3.8) is 0 Å². The number of rotatable bonds is 3. The van der Waals surface area contributed by atoms with Gasteiger partial charge in [-0.2, -0.15) is 0 Å². The number of hydrogen-bond donors (Lipinski definition) is 1. The van der Waals surface area contributed by atoms with Crippen molar-refractivity contribution in [3.8, 4) is 5.75 Å². The summed E-state index contributed by atoms with van der Waals surface area (Å²) in [7, 11) is 1.49. The molecule has 0 unspecified atom stereocenters. The fourth-order valence-corrected chi connectivity index (χ4v) is 2.89. The topological polar surface area (TPSA) is 46.5 Å². The van der Waals surface area contributed by atoms with Crippen LogP contribution in [0.2, 0.25) is 0 Å². The van der Waals surface area contributed by atoms with Gasteiger partial charge in [0, 0.05) is 4.47 Å². The van der Waals surface area contributed by atoms with E-state index in [0.717, 1.165) is 15.6 Å². The highest BCUT2D eigenvalue weighted by Gasteiger charge is 2.20. The van der Waals surface area contributed by atoms with Crippen LogP contribution in [0.1, 0.15) is 41.3 Å². The number of halogens is 1. The Morgan fingerprint density at radius 1 is 1.50 bits per heavy atom. The molecule has 88 valence electrons. The highest BCUT2D eigenvalue weighted by molar-refractivity contribution is 9.10. The Hall–Kier alpha value is -1.03. The minimum absolute atomic E-state index is 0.191. The average Bonchev–Trinajstić information content (AvgIpc) is 2.16. The molecule has 1 N–H and O–H groups in total. The SMILES string of the molecule is COc1c(C(=O)O)cc(Br)c(C(C)C)c1C. The largest absolute Gasteiger partial charge is 0.496 e. The smallest absolute Gasteiger partial charge is 0.339 e. The molecule has 0 spiro atoms. The van der Waals surface area contributed by atoms with Crippen LogP contribution < -0.4 is 4.74 Å². The van der Waals surface area contributed by atoms with E-state index in [0.29, 0.717) is 11.7 Å². The van der Waals surface area contributed by atoms with Gasteiger partial charge in [0.25, 0.3) is 0 Å². The lowest BCUT2D eigenvalue weighted by Crippen LogP contribution is -2.06. The molecule has 0 atom stereocenters. The van der Waals surface area contributed by atoms with Gasteiger partial charge in [-0.05, 0) is 30.0 Å². The molecular weight excluding hydrogens is 272 g/mol. The molecule has 0 fully saturated rings. The molecule has 16 heavy (non-hydrogen) atoms. The monoisotopic (exact) mass is 286 g/mol. The quantitative estimate of drug-likeness (QED) is 0.924. The lowest BCUT2D eigenvalue weighted by Gasteiger charge is -2.17. The Balaban J connectivity index is 3.56. The zero-order chi connectivity index (χ0) is 12.5. The van der Waals surface area contributed by atoms with Crippen LogP contribution in [0.4, 0.5) is 0 Å². The minimum atomic E-state index is -0.976. The summed E-state index contributed by atoms with van der Waals surface area (Å²) in [5, 5.41) is 9.07. The van der Waals surface area contributed by atoms with Gasteiger partial charge in [0.15, 0.2) is 0 Å². The summed E-state index contributed by atoms with van der Waals surface area (Å²) >= 11 is 3.41. The minimum Gasteiger partial charge on any atom is -0.496 e. The Morgan fingerprint density at radius 3 is 2.44 bits per heavy atom. The van der Waals surface area contributed by atoms with Gasteiger partial charge < -0.3 is 9.84 Å².